The lowest BCUT2D eigenvalue weighted by atomic mass is 10.1. The van der Waals surface area contributed by atoms with Crippen LogP contribution in [0.25, 0.3) is 27.6 Å². The lowest BCUT2D eigenvalue weighted by Gasteiger charge is -2.14. The molecule has 0 spiro atoms. The van der Waals surface area contributed by atoms with Crippen molar-refractivity contribution in [2.45, 2.75) is 6.18 Å². The second-order valence-electron chi connectivity index (χ2n) is 7.39. The maximum Gasteiger partial charge on any atom is 0.434 e. The molecule has 0 bridgehead atoms. The average molecular weight is 486 g/mol. The molecule has 1 amide bonds. The van der Waals surface area contributed by atoms with Crippen LogP contribution >= 0.6 is 11.6 Å². The Balaban J connectivity index is 1.57. The van der Waals surface area contributed by atoms with E-state index in [2.05, 4.69) is 10.4 Å². The van der Waals surface area contributed by atoms with Crippen LogP contribution in [0.3, 0.4) is 0 Å². The summed E-state index contributed by atoms with van der Waals surface area (Å²) in [4.78, 5) is 13.0. The van der Waals surface area contributed by atoms with E-state index in [9.17, 15) is 18.0 Å². The van der Waals surface area contributed by atoms with Gasteiger partial charge in [-0.15, -0.1) is 0 Å². The number of fused-ring (bicyclic) bond motifs is 3. The first-order valence-corrected chi connectivity index (χ1v) is 10.4. The topological polar surface area (TPSA) is 69.3 Å². The predicted molar refractivity (Wildman–Crippen MR) is 122 cm³/mol. The average Bonchev–Trinajstić information content (AvgIpc) is 3.41. The Morgan fingerprint density at radius 1 is 1.06 bits per heavy atom. The number of benzene rings is 3. The molecule has 1 N–H and O–H groups in total. The van der Waals surface area contributed by atoms with Crippen LogP contribution in [0.2, 0.25) is 5.02 Å². The van der Waals surface area contributed by atoms with Gasteiger partial charge in [-0.1, -0.05) is 29.8 Å². The number of ether oxygens (including phenoxy) is 1. The fourth-order valence-electron chi connectivity index (χ4n) is 3.77. The Morgan fingerprint density at radius 3 is 2.50 bits per heavy atom. The van der Waals surface area contributed by atoms with E-state index < -0.39 is 23.3 Å². The molecule has 34 heavy (non-hydrogen) atoms. The molecule has 0 atom stereocenters. The monoisotopic (exact) mass is 485 g/mol. The molecule has 5 rings (SSSR count). The van der Waals surface area contributed by atoms with Crippen LogP contribution in [-0.2, 0) is 6.18 Å². The van der Waals surface area contributed by atoms with Crippen molar-refractivity contribution in [1.29, 1.82) is 0 Å². The molecule has 6 nitrogen and oxygen atoms in total. The van der Waals surface area contributed by atoms with Crippen LogP contribution < -0.4 is 10.1 Å². The summed E-state index contributed by atoms with van der Waals surface area (Å²) in [5.41, 5.74) is -0.509. The van der Waals surface area contributed by atoms with E-state index in [1.165, 1.54) is 37.4 Å². The first-order chi connectivity index (χ1) is 16.3. The van der Waals surface area contributed by atoms with Crippen LogP contribution in [0.5, 0.6) is 5.75 Å². The second-order valence-corrected chi connectivity index (χ2v) is 7.83. The summed E-state index contributed by atoms with van der Waals surface area (Å²) in [5, 5.41) is 8.26. The summed E-state index contributed by atoms with van der Waals surface area (Å²) in [5.74, 6) is -0.729. The number of amides is 1. The number of furan rings is 1. The van der Waals surface area contributed by atoms with E-state index in [-0.39, 0.29) is 17.1 Å². The second kappa shape index (κ2) is 8.11. The molecule has 5 aromatic rings. The third-order valence-electron chi connectivity index (χ3n) is 5.30. The van der Waals surface area contributed by atoms with Gasteiger partial charge in [-0.3, -0.25) is 4.79 Å². The number of halogens is 4. The van der Waals surface area contributed by atoms with Crippen molar-refractivity contribution in [2.75, 3.05) is 12.4 Å². The van der Waals surface area contributed by atoms with E-state index in [1.54, 1.807) is 12.1 Å². The van der Waals surface area contributed by atoms with Gasteiger partial charge in [-0.05, 0) is 36.4 Å². The van der Waals surface area contributed by atoms with Crippen LogP contribution in [-0.4, -0.2) is 22.8 Å². The molecule has 0 fully saturated rings. The number of hydrogen-bond acceptors (Lipinski definition) is 4. The number of para-hydroxylation sites is 1. The summed E-state index contributed by atoms with van der Waals surface area (Å²) in [6.45, 7) is 0. The zero-order valence-electron chi connectivity index (χ0n) is 17.5. The Morgan fingerprint density at radius 2 is 1.79 bits per heavy atom. The van der Waals surface area contributed by atoms with E-state index >= 15 is 0 Å². The van der Waals surface area contributed by atoms with Crippen molar-refractivity contribution in [1.82, 2.24) is 9.78 Å². The standard InChI is InChI=1S/C24H15ClF3N3O3/c1-33-21-10-16-15-4-2-3-5-19(15)34-20(16)11-18(21)30-23(32)17-12-29-31(22(17)24(26,27)28)14-8-6-13(25)7-9-14/h2-12H,1H3,(H,30,32). The van der Waals surface area contributed by atoms with Crippen molar-refractivity contribution in [3.63, 3.8) is 0 Å². The molecule has 2 heterocycles. The van der Waals surface area contributed by atoms with E-state index in [4.69, 9.17) is 20.8 Å². The third kappa shape index (κ3) is 3.73. The van der Waals surface area contributed by atoms with Crippen molar-refractivity contribution < 1.29 is 27.1 Å². The van der Waals surface area contributed by atoms with Gasteiger partial charge in [-0.2, -0.15) is 18.3 Å². The van der Waals surface area contributed by atoms with Crippen LogP contribution in [0.1, 0.15) is 16.1 Å². The molecule has 172 valence electrons. The van der Waals surface area contributed by atoms with Crippen LogP contribution in [0.4, 0.5) is 18.9 Å². The van der Waals surface area contributed by atoms with Gasteiger partial charge in [0.05, 0.1) is 30.2 Å². The highest BCUT2D eigenvalue weighted by molar-refractivity contribution is 6.30. The quantitative estimate of drug-likeness (QED) is 0.307. The molecule has 0 unspecified atom stereocenters. The summed E-state index contributed by atoms with van der Waals surface area (Å²) in [7, 11) is 1.40. The third-order valence-corrected chi connectivity index (χ3v) is 5.55. The highest BCUT2D eigenvalue weighted by Gasteiger charge is 2.40. The van der Waals surface area contributed by atoms with Crippen molar-refractivity contribution >= 4 is 45.1 Å². The highest BCUT2D eigenvalue weighted by Crippen LogP contribution is 2.38. The van der Waals surface area contributed by atoms with E-state index in [1.807, 2.05) is 18.2 Å². The molecule has 3 aromatic carbocycles. The fourth-order valence-corrected chi connectivity index (χ4v) is 3.90. The Bertz CT molecular complexity index is 1540. The molecular weight excluding hydrogens is 471 g/mol. The summed E-state index contributed by atoms with van der Waals surface area (Å²) < 4.78 is 53.8. The SMILES string of the molecule is COc1cc2c(cc1NC(=O)c1cnn(-c3ccc(Cl)cc3)c1C(F)(F)F)oc1ccccc12. The lowest BCUT2D eigenvalue weighted by Crippen LogP contribution is -2.21. The molecule has 0 aliphatic rings. The van der Waals surface area contributed by atoms with Gasteiger partial charge in [0.15, 0.2) is 5.69 Å². The van der Waals surface area contributed by atoms with Gasteiger partial charge in [-0.25, -0.2) is 4.68 Å². The predicted octanol–water partition coefficient (Wildman–Crippen LogP) is 6.70. The van der Waals surface area contributed by atoms with Gasteiger partial charge in [0.1, 0.15) is 16.9 Å². The molecule has 0 aliphatic heterocycles. The minimum absolute atomic E-state index is 0.108. The van der Waals surface area contributed by atoms with E-state index in [0.717, 1.165) is 17.0 Å². The first-order valence-electron chi connectivity index (χ1n) is 9.98. The fraction of sp³-hybridized carbons (Fsp3) is 0.0833. The van der Waals surface area contributed by atoms with Gasteiger partial charge >= 0.3 is 6.18 Å². The van der Waals surface area contributed by atoms with Crippen molar-refractivity contribution in [3.8, 4) is 11.4 Å². The Kier molecular flexibility index (Phi) is 5.21. The number of aromatic nitrogens is 2. The summed E-state index contributed by atoms with van der Waals surface area (Å²) in [6.07, 6.45) is -3.98. The Labute approximate surface area is 195 Å². The number of rotatable bonds is 4. The number of alkyl halides is 3. The largest absolute Gasteiger partial charge is 0.495 e. The number of carbonyl (C=O) groups excluding carboxylic acids is 1. The van der Waals surface area contributed by atoms with Gasteiger partial charge in [0.25, 0.3) is 5.91 Å². The van der Waals surface area contributed by atoms with Crippen molar-refractivity contribution in [2.24, 2.45) is 0 Å². The molecule has 2 aromatic heterocycles. The maximum absolute atomic E-state index is 14.0. The van der Waals surface area contributed by atoms with E-state index in [0.29, 0.717) is 20.9 Å². The normalized spacial score (nSPS) is 11.8. The van der Waals surface area contributed by atoms with Crippen LogP contribution in [0.15, 0.2) is 71.3 Å². The summed E-state index contributed by atoms with van der Waals surface area (Å²) >= 11 is 5.84. The number of methoxy groups -OCH3 is 1. The number of hydrogen-bond donors (Lipinski definition) is 1. The molecule has 0 aliphatic carbocycles. The van der Waals surface area contributed by atoms with Crippen LogP contribution in [0, 0.1) is 0 Å². The molecule has 0 saturated carbocycles. The lowest BCUT2D eigenvalue weighted by molar-refractivity contribution is -0.143. The van der Waals surface area contributed by atoms with Gasteiger partial charge < -0.3 is 14.5 Å². The Hall–Kier alpha value is -3.98. The first kappa shape index (κ1) is 21.8. The summed E-state index contributed by atoms with van der Waals surface area (Å²) in [6, 6.07) is 16.2. The molecule has 10 heteroatoms. The zero-order valence-corrected chi connectivity index (χ0v) is 18.2. The zero-order chi connectivity index (χ0) is 24.0. The van der Waals surface area contributed by atoms with Crippen molar-refractivity contribution in [3.05, 3.63) is 83.1 Å². The molecular formula is C24H15ClF3N3O3. The number of nitrogens with one attached hydrogen (secondary N) is 1. The molecule has 0 radical (unpaired) electrons. The number of carbonyl (C=O) groups is 1. The number of anilines is 1. The number of nitrogens with zero attached hydrogens (tertiary/aromatic N) is 2. The minimum atomic E-state index is -4.85. The highest BCUT2D eigenvalue weighted by atomic mass is 35.5. The van der Waals surface area contributed by atoms with Gasteiger partial charge in [0.2, 0.25) is 0 Å². The minimum Gasteiger partial charge on any atom is -0.495 e. The maximum atomic E-state index is 14.0. The molecule has 0 saturated heterocycles. The smallest absolute Gasteiger partial charge is 0.434 e. The van der Waals surface area contributed by atoms with Gasteiger partial charge in [0, 0.05) is 21.9 Å².